The molecule has 4 rings (SSSR count). The molecule has 4 aliphatic carbocycles. The van der Waals surface area contributed by atoms with Gasteiger partial charge in [0, 0.05) is 6.61 Å². The molecule has 4 saturated carbocycles. The quantitative estimate of drug-likeness (QED) is 0.664. The Kier molecular flexibility index (Phi) is 5.47. The predicted octanol–water partition coefficient (Wildman–Crippen LogP) is 5.66. The van der Waals surface area contributed by atoms with E-state index >= 15 is 0 Å². The summed E-state index contributed by atoms with van der Waals surface area (Å²) < 4.78 is 0. The van der Waals surface area contributed by atoms with Crippen molar-refractivity contribution in [2.45, 2.75) is 98.0 Å². The molecule has 10 unspecified atom stereocenters. The molecule has 4 fully saturated rings. The Morgan fingerprint density at radius 1 is 0.926 bits per heavy atom. The largest absolute Gasteiger partial charge is 0.396 e. The predicted molar refractivity (Wildman–Crippen MR) is 111 cm³/mol. The fourth-order valence-corrected chi connectivity index (χ4v) is 9.31. The first kappa shape index (κ1) is 20.2. The average Bonchev–Trinajstić information content (AvgIpc) is 2.99. The maximum atomic E-state index is 10.4. The molecule has 0 aromatic rings. The van der Waals surface area contributed by atoms with E-state index in [1.165, 1.54) is 44.9 Å². The standard InChI is InChI=1S/C25H44O2/c1-5-17-14-19-21-7-6-20(16(2)10-13-26)24(21,3)12-9-22(19)25(4)11-8-18(27)15-23(17)25/h16-23,26-27H,5-15H2,1-4H3. The molecule has 27 heavy (non-hydrogen) atoms. The van der Waals surface area contributed by atoms with Crippen LogP contribution in [0.25, 0.3) is 0 Å². The molecule has 0 aromatic carbocycles. The highest BCUT2D eigenvalue weighted by Crippen LogP contribution is 2.69. The van der Waals surface area contributed by atoms with E-state index in [9.17, 15) is 10.2 Å². The molecule has 156 valence electrons. The van der Waals surface area contributed by atoms with Crippen LogP contribution in [0.15, 0.2) is 0 Å². The molecule has 0 amide bonds. The number of aliphatic hydroxyl groups excluding tert-OH is 2. The second kappa shape index (κ2) is 7.31. The molecule has 0 aromatic heterocycles. The van der Waals surface area contributed by atoms with Crippen LogP contribution in [0, 0.1) is 52.3 Å². The Morgan fingerprint density at radius 3 is 2.33 bits per heavy atom. The van der Waals surface area contributed by atoms with Gasteiger partial charge >= 0.3 is 0 Å². The zero-order valence-electron chi connectivity index (χ0n) is 18.3. The molecule has 4 aliphatic rings. The normalized spacial score (nSPS) is 53.3. The minimum absolute atomic E-state index is 0.0438. The molecule has 0 bridgehead atoms. The zero-order chi connectivity index (χ0) is 19.4. The van der Waals surface area contributed by atoms with Crippen molar-refractivity contribution in [2.24, 2.45) is 52.3 Å². The second-order valence-corrected chi connectivity index (χ2v) is 11.5. The average molecular weight is 377 g/mol. The summed E-state index contributed by atoms with van der Waals surface area (Å²) in [6.45, 7) is 10.4. The summed E-state index contributed by atoms with van der Waals surface area (Å²) in [6.07, 6.45) is 12.7. The van der Waals surface area contributed by atoms with Gasteiger partial charge in [0.1, 0.15) is 0 Å². The number of aliphatic hydroxyl groups is 2. The van der Waals surface area contributed by atoms with Gasteiger partial charge in [-0.1, -0.05) is 34.1 Å². The number of hydrogen-bond acceptors (Lipinski definition) is 2. The Bertz CT molecular complexity index is 532. The third kappa shape index (κ3) is 3.03. The summed E-state index contributed by atoms with van der Waals surface area (Å²) in [6, 6.07) is 0. The van der Waals surface area contributed by atoms with Crippen molar-refractivity contribution in [3.63, 3.8) is 0 Å². The lowest BCUT2D eigenvalue weighted by Crippen LogP contribution is -2.56. The van der Waals surface area contributed by atoms with Crippen molar-refractivity contribution >= 4 is 0 Å². The van der Waals surface area contributed by atoms with E-state index in [2.05, 4.69) is 27.7 Å². The second-order valence-electron chi connectivity index (χ2n) is 11.5. The van der Waals surface area contributed by atoms with Crippen LogP contribution in [0.4, 0.5) is 0 Å². The van der Waals surface area contributed by atoms with E-state index in [4.69, 9.17) is 0 Å². The Morgan fingerprint density at radius 2 is 1.63 bits per heavy atom. The van der Waals surface area contributed by atoms with Gasteiger partial charge in [0.05, 0.1) is 6.10 Å². The van der Waals surface area contributed by atoms with Crippen LogP contribution in [-0.4, -0.2) is 22.9 Å². The maximum Gasteiger partial charge on any atom is 0.0543 e. The Hall–Kier alpha value is -0.0800. The summed E-state index contributed by atoms with van der Waals surface area (Å²) in [5.74, 6) is 5.76. The van der Waals surface area contributed by atoms with E-state index < -0.39 is 0 Å². The lowest BCUT2D eigenvalue weighted by atomic mass is 9.42. The molecule has 0 radical (unpaired) electrons. The lowest BCUT2D eigenvalue weighted by molar-refractivity contribution is -0.152. The molecule has 2 N–H and O–H groups in total. The summed E-state index contributed by atoms with van der Waals surface area (Å²) in [5, 5.41) is 19.9. The molecule has 0 aliphatic heterocycles. The fourth-order valence-electron chi connectivity index (χ4n) is 9.31. The summed E-state index contributed by atoms with van der Waals surface area (Å²) >= 11 is 0. The maximum absolute atomic E-state index is 10.4. The molecule has 0 spiro atoms. The Labute approximate surface area is 167 Å². The third-order valence-electron chi connectivity index (χ3n) is 10.7. The van der Waals surface area contributed by atoms with Gasteiger partial charge in [0.15, 0.2) is 0 Å². The van der Waals surface area contributed by atoms with Gasteiger partial charge in [-0.25, -0.2) is 0 Å². The topological polar surface area (TPSA) is 40.5 Å². The number of rotatable bonds is 4. The molecule has 10 atom stereocenters. The van der Waals surface area contributed by atoms with Gasteiger partial charge < -0.3 is 10.2 Å². The summed E-state index contributed by atoms with van der Waals surface area (Å²) in [5.41, 5.74) is 0.977. The van der Waals surface area contributed by atoms with E-state index in [1.807, 2.05) is 0 Å². The van der Waals surface area contributed by atoms with E-state index in [-0.39, 0.29) is 6.10 Å². The number of hydrogen-bond donors (Lipinski definition) is 2. The summed E-state index contributed by atoms with van der Waals surface area (Å²) in [7, 11) is 0. The number of fused-ring (bicyclic) bond motifs is 5. The van der Waals surface area contributed by atoms with E-state index in [0.29, 0.717) is 23.4 Å². The molecular formula is C25H44O2. The highest BCUT2D eigenvalue weighted by atomic mass is 16.3. The molecule has 2 nitrogen and oxygen atoms in total. The van der Waals surface area contributed by atoms with Crippen molar-refractivity contribution in [1.29, 1.82) is 0 Å². The molecule has 0 heterocycles. The summed E-state index contributed by atoms with van der Waals surface area (Å²) in [4.78, 5) is 0. The van der Waals surface area contributed by atoms with Crippen LogP contribution in [0.1, 0.15) is 91.9 Å². The van der Waals surface area contributed by atoms with Crippen molar-refractivity contribution in [2.75, 3.05) is 6.61 Å². The van der Waals surface area contributed by atoms with Gasteiger partial charge in [-0.05, 0) is 110 Å². The van der Waals surface area contributed by atoms with Crippen LogP contribution in [0.2, 0.25) is 0 Å². The molecule has 2 heteroatoms. The van der Waals surface area contributed by atoms with Crippen molar-refractivity contribution in [3.8, 4) is 0 Å². The smallest absolute Gasteiger partial charge is 0.0543 e. The SMILES string of the molecule is CCC1CC2C3CCC(C(C)CCO)C3(C)CCC2C2(C)CCC(O)CC12. The first-order valence-electron chi connectivity index (χ1n) is 12.1. The van der Waals surface area contributed by atoms with Crippen LogP contribution in [-0.2, 0) is 0 Å². The molecular weight excluding hydrogens is 332 g/mol. The van der Waals surface area contributed by atoms with Crippen LogP contribution in [0.3, 0.4) is 0 Å². The van der Waals surface area contributed by atoms with Gasteiger partial charge in [0.2, 0.25) is 0 Å². The van der Waals surface area contributed by atoms with Gasteiger partial charge in [-0.2, -0.15) is 0 Å². The van der Waals surface area contributed by atoms with E-state index in [1.54, 1.807) is 0 Å². The lowest BCUT2D eigenvalue weighted by Gasteiger charge is -2.63. The van der Waals surface area contributed by atoms with Crippen LogP contribution in [0.5, 0.6) is 0 Å². The third-order valence-corrected chi connectivity index (χ3v) is 10.7. The minimum atomic E-state index is -0.0438. The van der Waals surface area contributed by atoms with Gasteiger partial charge in [-0.15, -0.1) is 0 Å². The highest BCUT2D eigenvalue weighted by molar-refractivity contribution is 5.11. The Balaban J connectivity index is 1.61. The fraction of sp³-hybridized carbons (Fsp3) is 1.00. The van der Waals surface area contributed by atoms with E-state index in [0.717, 1.165) is 54.8 Å². The monoisotopic (exact) mass is 376 g/mol. The van der Waals surface area contributed by atoms with Crippen molar-refractivity contribution < 1.29 is 10.2 Å². The highest BCUT2D eigenvalue weighted by Gasteiger charge is 2.62. The first-order chi connectivity index (χ1) is 12.8. The van der Waals surface area contributed by atoms with Crippen molar-refractivity contribution in [3.05, 3.63) is 0 Å². The van der Waals surface area contributed by atoms with Gasteiger partial charge in [0.25, 0.3) is 0 Å². The molecule has 0 saturated heterocycles. The zero-order valence-corrected chi connectivity index (χ0v) is 18.3. The first-order valence-corrected chi connectivity index (χ1v) is 12.1. The van der Waals surface area contributed by atoms with Crippen LogP contribution < -0.4 is 0 Å². The van der Waals surface area contributed by atoms with Gasteiger partial charge in [-0.3, -0.25) is 0 Å². The minimum Gasteiger partial charge on any atom is -0.396 e. The van der Waals surface area contributed by atoms with Crippen molar-refractivity contribution in [1.82, 2.24) is 0 Å². The van der Waals surface area contributed by atoms with Crippen LogP contribution >= 0.6 is 0 Å².